The summed E-state index contributed by atoms with van der Waals surface area (Å²) < 4.78 is 66.7. The van der Waals surface area contributed by atoms with Gasteiger partial charge >= 0.3 is 6.61 Å². The Hall–Kier alpha value is -1.84. The molecule has 10 atom stereocenters. The maximum Gasteiger partial charge on any atom is 0.345 e. The molecule has 9 unspecified atom stereocenters. The summed E-state index contributed by atoms with van der Waals surface area (Å²) in [4.78, 5) is 13.8. The number of nitrogens with zero attached hydrogens (tertiary/aromatic N) is 1. The molecule has 220 valence electrons. The number of amides is 1. The summed E-state index contributed by atoms with van der Waals surface area (Å²) in [5, 5.41) is 11.4. The lowest BCUT2D eigenvalue weighted by molar-refractivity contribution is -0.196. The maximum absolute atomic E-state index is 14.2. The van der Waals surface area contributed by atoms with Crippen molar-refractivity contribution in [1.82, 2.24) is 9.88 Å². The van der Waals surface area contributed by atoms with Crippen LogP contribution < -0.4 is 11.0 Å². The highest BCUT2D eigenvalue weighted by atomic mass is 19.3. The van der Waals surface area contributed by atoms with Crippen molar-refractivity contribution in [1.29, 1.82) is 5.41 Å². The van der Waals surface area contributed by atoms with E-state index in [0.717, 1.165) is 25.7 Å². The van der Waals surface area contributed by atoms with Crippen LogP contribution >= 0.6 is 0 Å². The average molecular weight is 558 g/mol. The van der Waals surface area contributed by atoms with Gasteiger partial charge in [-0.1, -0.05) is 6.92 Å². The number of nitrogens with one attached hydrogen (secondary N) is 2. The number of halogens is 4. The molecule has 1 aromatic heterocycles. The molecular formula is C29H43F4N3O3. The predicted molar refractivity (Wildman–Crippen MR) is 136 cm³/mol. The summed E-state index contributed by atoms with van der Waals surface area (Å²) in [6.45, 7) is -0.509. The second-order valence-electron chi connectivity index (χ2n) is 12.8. The number of carbonyl (C=O) groups excluding carboxylic acids is 1. The molecule has 1 heterocycles. The fourth-order valence-electron chi connectivity index (χ4n) is 7.94. The number of aromatic nitrogens is 1. The molecule has 4 aliphatic rings. The topological polar surface area (TPSA) is 80.3 Å². The highest BCUT2D eigenvalue weighted by molar-refractivity contribution is 5.79. The quantitative estimate of drug-likeness (QED) is 0.365. The van der Waals surface area contributed by atoms with Crippen LogP contribution in [0.15, 0.2) is 16.9 Å². The number of carbonyl (C=O) groups is 1. The van der Waals surface area contributed by atoms with Crippen molar-refractivity contribution in [2.75, 3.05) is 0 Å². The van der Waals surface area contributed by atoms with Crippen LogP contribution in [0.25, 0.3) is 0 Å². The number of hydrogen-bond acceptors (Lipinski definition) is 4. The molecule has 0 aliphatic heterocycles. The van der Waals surface area contributed by atoms with Gasteiger partial charge in [-0.05, 0) is 99.7 Å². The summed E-state index contributed by atoms with van der Waals surface area (Å²) in [7, 11) is 0. The van der Waals surface area contributed by atoms with E-state index in [1.54, 1.807) is 10.8 Å². The number of oxazole rings is 1. The van der Waals surface area contributed by atoms with E-state index in [0.29, 0.717) is 51.0 Å². The smallest absolute Gasteiger partial charge is 0.345 e. The van der Waals surface area contributed by atoms with Crippen molar-refractivity contribution in [2.24, 2.45) is 41.4 Å². The van der Waals surface area contributed by atoms with E-state index in [-0.39, 0.29) is 59.6 Å². The molecule has 10 heteroatoms. The van der Waals surface area contributed by atoms with E-state index < -0.39 is 25.1 Å². The maximum atomic E-state index is 14.2. The molecule has 39 heavy (non-hydrogen) atoms. The van der Waals surface area contributed by atoms with Crippen molar-refractivity contribution in [3.63, 3.8) is 0 Å². The molecule has 0 bridgehead atoms. The van der Waals surface area contributed by atoms with Gasteiger partial charge in [0, 0.05) is 31.1 Å². The van der Waals surface area contributed by atoms with Gasteiger partial charge in [0.05, 0.1) is 6.10 Å². The van der Waals surface area contributed by atoms with Crippen LogP contribution in [0.4, 0.5) is 17.6 Å². The van der Waals surface area contributed by atoms with E-state index >= 15 is 0 Å². The van der Waals surface area contributed by atoms with Gasteiger partial charge < -0.3 is 14.5 Å². The van der Waals surface area contributed by atoms with Crippen LogP contribution in [-0.4, -0.2) is 41.6 Å². The first kappa shape index (κ1) is 28.7. The fraction of sp³-hybridized carbons (Fsp3) is 0.862. The minimum atomic E-state index is -2.96. The Kier molecular flexibility index (Phi) is 9.08. The number of alkyl halides is 4. The third-order valence-corrected chi connectivity index (χ3v) is 10.1. The summed E-state index contributed by atoms with van der Waals surface area (Å²) in [5.41, 5.74) is 0.0290. The van der Waals surface area contributed by atoms with Gasteiger partial charge in [-0.25, -0.2) is 8.78 Å². The highest BCUT2D eigenvalue weighted by Crippen LogP contribution is 2.46. The first-order valence-electron chi connectivity index (χ1n) is 14.9. The van der Waals surface area contributed by atoms with Crippen molar-refractivity contribution >= 4 is 5.91 Å². The SMILES string of the molecule is CC1CC([C@@H](NC(=O)C2CC(Cn3ccoc3=N)CC(C3CCC(F)CC3OC(F)F)C2)C2CC2)CCC1F. The van der Waals surface area contributed by atoms with Gasteiger partial charge in [-0.15, -0.1) is 0 Å². The Balaban J connectivity index is 1.32. The second-order valence-corrected chi connectivity index (χ2v) is 12.8. The van der Waals surface area contributed by atoms with Gasteiger partial charge in [-0.2, -0.15) is 8.78 Å². The Morgan fingerprint density at radius 2 is 1.85 bits per heavy atom. The lowest BCUT2D eigenvalue weighted by atomic mass is 9.65. The first-order chi connectivity index (χ1) is 18.7. The molecule has 4 saturated carbocycles. The molecule has 2 N–H and O–H groups in total. The number of ether oxygens (including phenoxy) is 1. The Morgan fingerprint density at radius 3 is 2.51 bits per heavy atom. The van der Waals surface area contributed by atoms with E-state index in [1.165, 1.54) is 6.26 Å². The molecular weight excluding hydrogens is 514 g/mol. The van der Waals surface area contributed by atoms with E-state index in [2.05, 4.69) is 5.32 Å². The Bertz CT molecular complexity index is 1010. The van der Waals surface area contributed by atoms with Crippen molar-refractivity contribution < 1.29 is 31.5 Å². The molecule has 0 radical (unpaired) electrons. The zero-order chi connectivity index (χ0) is 27.7. The van der Waals surface area contributed by atoms with E-state index in [9.17, 15) is 22.4 Å². The van der Waals surface area contributed by atoms with Gasteiger partial charge in [0.15, 0.2) is 0 Å². The van der Waals surface area contributed by atoms with E-state index in [4.69, 9.17) is 14.6 Å². The molecule has 0 saturated heterocycles. The van der Waals surface area contributed by atoms with Gasteiger partial charge in [0.2, 0.25) is 5.91 Å². The van der Waals surface area contributed by atoms with Crippen LogP contribution in [0.5, 0.6) is 0 Å². The molecule has 4 aliphatic carbocycles. The molecule has 5 rings (SSSR count). The third kappa shape index (κ3) is 7.09. The zero-order valence-corrected chi connectivity index (χ0v) is 22.8. The highest BCUT2D eigenvalue weighted by Gasteiger charge is 2.45. The van der Waals surface area contributed by atoms with Crippen molar-refractivity contribution in [3.8, 4) is 0 Å². The van der Waals surface area contributed by atoms with Crippen LogP contribution in [0.3, 0.4) is 0 Å². The summed E-state index contributed by atoms with van der Waals surface area (Å²) in [6.07, 6.45) is 7.23. The first-order valence-corrected chi connectivity index (χ1v) is 14.9. The summed E-state index contributed by atoms with van der Waals surface area (Å²) in [5.74, 6) is 0.139. The molecule has 1 amide bonds. The number of hydrogen-bond donors (Lipinski definition) is 2. The lowest BCUT2D eigenvalue weighted by Crippen LogP contribution is -2.49. The molecule has 1 aromatic rings. The summed E-state index contributed by atoms with van der Waals surface area (Å²) >= 11 is 0. The normalized spacial score (nSPS) is 38.5. The minimum absolute atomic E-state index is 0.00574. The molecule has 0 aromatic carbocycles. The average Bonchev–Trinajstić information content (AvgIpc) is 3.65. The largest absolute Gasteiger partial charge is 0.432 e. The fourth-order valence-corrected chi connectivity index (χ4v) is 7.94. The number of rotatable bonds is 9. The van der Waals surface area contributed by atoms with Gasteiger partial charge in [-0.3, -0.25) is 14.8 Å². The lowest BCUT2D eigenvalue weighted by Gasteiger charge is -2.44. The van der Waals surface area contributed by atoms with Crippen molar-refractivity contribution in [2.45, 2.75) is 115 Å². The van der Waals surface area contributed by atoms with Gasteiger partial charge in [0.25, 0.3) is 5.68 Å². The second kappa shape index (κ2) is 12.4. The molecule has 4 fully saturated rings. The minimum Gasteiger partial charge on any atom is -0.432 e. The van der Waals surface area contributed by atoms with Crippen LogP contribution in [0.1, 0.15) is 77.6 Å². The Morgan fingerprint density at radius 1 is 1.08 bits per heavy atom. The molecule has 6 nitrogen and oxygen atoms in total. The summed E-state index contributed by atoms with van der Waals surface area (Å²) in [6, 6.07) is 0.0475. The van der Waals surface area contributed by atoms with Gasteiger partial charge in [0.1, 0.15) is 18.6 Å². The monoisotopic (exact) mass is 557 g/mol. The van der Waals surface area contributed by atoms with Crippen LogP contribution in [-0.2, 0) is 16.1 Å². The predicted octanol–water partition coefficient (Wildman–Crippen LogP) is 6.01. The van der Waals surface area contributed by atoms with Crippen LogP contribution in [0, 0.1) is 46.8 Å². The van der Waals surface area contributed by atoms with Crippen molar-refractivity contribution in [3.05, 3.63) is 18.1 Å². The van der Waals surface area contributed by atoms with Crippen LogP contribution in [0.2, 0.25) is 0 Å². The third-order valence-electron chi connectivity index (χ3n) is 10.1. The Labute approximate surface area is 227 Å². The molecule has 0 spiro atoms. The zero-order valence-electron chi connectivity index (χ0n) is 22.8. The standard InChI is InChI=1S/C29H43F4N3O3/c1-16-10-19(4-7-24(16)31)26(18-2-3-18)35-27(37)21-12-17(15-36-8-9-38-29(36)34)11-20(13-21)23-6-5-22(30)14-25(23)39-28(32)33/h8-9,16-26,28,34H,2-7,10-15H2,1H3,(H,35,37)/t16?,17?,19?,20?,21?,22?,23?,24?,25?,26-/m0/s1. The van der Waals surface area contributed by atoms with E-state index in [1.807, 2.05) is 6.92 Å².